The van der Waals surface area contributed by atoms with Crippen molar-refractivity contribution < 1.29 is 9.53 Å². The number of benzene rings is 2. The molecule has 2 aromatic carbocycles. The number of nitrogens with one attached hydrogen (secondary N) is 1. The van der Waals surface area contributed by atoms with E-state index in [1.807, 2.05) is 42.5 Å². The van der Waals surface area contributed by atoms with Crippen molar-refractivity contribution in [1.29, 1.82) is 0 Å². The Bertz CT molecular complexity index is 737. The summed E-state index contributed by atoms with van der Waals surface area (Å²) in [7, 11) is 0. The fourth-order valence-electron chi connectivity index (χ4n) is 2.74. The minimum Gasteiger partial charge on any atom is -0.494 e. The van der Waals surface area contributed by atoms with Crippen molar-refractivity contribution in [2.24, 2.45) is 11.0 Å². The Morgan fingerprint density at radius 3 is 2.36 bits per heavy atom. The van der Waals surface area contributed by atoms with E-state index in [1.54, 1.807) is 12.1 Å². The lowest BCUT2D eigenvalue weighted by Crippen LogP contribution is -2.20. The number of hydrazone groups is 1. The van der Waals surface area contributed by atoms with Gasteiger partial charge in [-0.2, -0.15) is 5.10 Å². The van der Waals surface area contributed by atoms with E-state index in [9.17, 15) is 4.79 Å². The maximum Gasteiger partial charge on any atom is 0.271 e. The van der Waals surface area contributed by atoms with Crippen molar-refractivity contribution in [2.75, 3.05) is 6.61 Å². The van der Waals surface area contributed by atoms with Crippen LogP contribution in [-0.4, -0.2) is 18.2 Å². The molecule has 0 aliphatic rings. The molecule has 0 unspecified atom stereocenters. The number of amides is 1. The second-order valence-corrected chi connectivity index (χ2v) is 7.38. The number of hydrogen-bond donors (Lipinski definition) is 1. The van der Waals surface area contributed by atoms with E-state index >= 15 is 0 Å². The number of hydrogen-bond acceptors (Lipinski definition) is 3. The Morgan fingerprint density at radius 2 is 1.71 bits per heavy atom. The second kappa shape index (κ2) is 12.0. The van der Waals surface area contributed by atoms with Crippen LogP contribution < -0.4 is 10.2 Å². The Balaban J connectivity index is 1.98. The molecule has 0 saturated heterocycles. The third-order valence-electron chi connectivity index (χ3n) is 4.50. The number of unbranched alkanes of at least 4 members (excludes halogenated alkanes) is 2. The standard InChI is InChI=1S/C24H32N2O2/c1-4-5-7-12-23(20-10-8-6-9-11-20)25-26-24(27)21-13-15-22(16-14-21)28-18-17-19(2)3/h6,8-11,13-16,19H,4-5,7,12,17-18H2,1-3H3,(H,26,27)/b25-23-. The molecule has 2 rings (SSSR count). The van der Waals surface area contributed by atoms with Crippen molar-refractivity contribution in [3.63, 3.8) is 0 Å². The normalized spacial score (nSPS) is 11.5. The number of ether oxygens (including phenoxy) is 1. The van der Waals surface area contributed by atoms with Gasteiger partial charge < -0.3 is 4.74 Å². The van der Waals surface area contributed by atoms with Gasteiger partial charge in [0, 0.05) is 5.56 Å². The van der Waals surface area contributed by atoms with Crippen molar-refractivity contribution >= 4 is 11.6 Å². The molecule has 0 fully saturated rings. The van der Waals surface area contributed by atoms with Gasteiger partial charge in [0.25, 0.3) is 5.91 Å². The average Bonchev–Trinajstić information content (AvgIpc) is 2.71. The van der Waals surface area contributed by atoms with Crippen LogP contribution >= 0.6 is 0 Å². The van der Waals surface area contributed by atoms with Crippen LogP contribution in [0.4, 0.5) is 0 Å². The highest BCUT2D eigenvalue weighted by Gasteiger charge is 2.08. The molecule has 0 spiro atoms. The summed E-state index contributed by atoms with van der Waals surface area (Å²) in [5.74, 6) is 1.18. The van der Waals surface area contributed by atoms with Crippen LogP contribution in [0.5, 0.6) is 5.75 Å². The summed E-state index contributed by atoms with van der Waals surface area (Å²) in [6.45, 7) is 7.20. The fourth-order valence-corrected chi connectivity index (χ4v) is 2.74. The summed E-state index contributed by atoms with van der Waals surface area (Å²) < 4.78 is 5.70. The van der Waals surface area contributed by atoms with Crippen molar-refractivity contribution in [3.05, 3.63) is 65.7 Å². The number of carbonyl (C=O) groups excluding carboxylic acids is 1. The molecule has 0 radical (unpaired) electrons. The number of nitrogens with zero attached hydrogens (tertiary/aromatic N) is 1. The topological polar surface area (TPSA) is 50.7 Å². The molecule has 0 aliphatic carbocycles. The van der Waals surface area contributed by atoms with E-state index in [2.05, 4.69) is 31.3 Å². The molecule has 4 heteroatoms. The molecular weight excluding hydrogens is 348 g/mol. The molecule has 150 valence electrons. The minimum atomic E-state index is -0.211. The van der Waals surface area contributed by atoms with Gasteiger partial charge in [-0.3, -0.25) is 4.79 Å². The molecule has 1 amide bonds. The van der Waals surface area contributed by atoms with Crippen LogP contribution in [0.1, 0.15) is 68.8 Å². The zero-order valence-electron chi connectivity index (χ0n) is 17.3. The molecule has 1 N–H and O–H groups in total. The van der Waals surface area contributed by atoms with Crippen molar-refractivity contribution in [3.8, 4) is 5.75 Å². The molecular formula is C24H32N2O2. The summed E-state index contributed by atoms with van der Waals surface area (Å²) in [5, 5.41) is 4.42. The molecule has 4 nitrogen and oxygen atoms in total. The molecule has 0 saturated carbocycles. The highest BCUT2D eigenvalue weighted by molar-refractivity contribution is 6.02. The van der Waals surface area contributed by atoms with Crippen molar-refractivity contribution in [1.82, 2.24) is 5.43 Å². The molecule has 0 bridgehead atoms. The van der Waals surface area contributed by atoms with E-state index in [1.165, 1.54) is 0 Å². The van der Waals surface area contributed by atoms with Gasteiger partial charge in [-0.15, -0.1) is 0 Å². The van der Waals surface area contributed by atoms with Gasteiger partial charge in [-0.05, 0) is 55.0 Å². The van der Waals surface area contributed by atoms with Gasteiger partial charge in [0.1, 0.15) is 5.75 Å². The van der Waals surface area contributed by atoms with Crippen molar-refractivity contribution in [2.45, 2.75) is 52.9 Å². The van der Waals surface area contributed by atoms with Gasteiger partial charge in [0.05, 0.1) is 12.3 Å². The Hall–Kier alpha value is -2.62. The Morgan fingerprint density at radius 1 is 1.00 bits per heavy atom. The van der Waals surface area contributed by atoms with Gasteiger partial charge in [0.15, 0.2) is 0 Å². The lowest BCUT2D eigenvalue weighted by Gasteiger charge is -2.09. The fraction of sp³-hybridized carbons (Fsp3) is 0.417. The summed E-state index contributed by atoms with van der Waals surface area (Å²) in [5.41, 5.74) is 5.24. The molecule has 28 heavy (non-hydrogen) atoms. The highest BCUT2D eigenvalue weighted by atomic mass is 16.5. The zero-order valence-corrected chi connectivity index (χ0v) is 17.3. The molecule has 0 heterocycles. The first-order chi connectivity index (χ1) is 13.6. The summed E-state index contributed by atoms with van der Waals surface area (Å²) in [4.78, 5) is 12.5. The SMILES string of the molecule is CCCCC/C(=N/NC(=O)c1ccc(OCCC(C)C)cc1)c1ccccc1. The van der Waals surface area contributed by atoms with E-state index in [-0.39, 0.29) is 5.91 Å². The van der Waals surface area contributed by atoms with E-state index in [0.29, 0.717) is 18.1 Å². The first-order valence-corrected chi connectivity index (χ1v) is 10.2. The first-order valence-electron chi connectivity index (χ1n) is 10.2. The maximum absolute atomic E-state index is 12.5. The molecule has 2 aromatic rings. The van der Waals surface area contributed by atoms with Crippen LogP contribution in [0.3, 0.4) is 0 Å². The minimum absolute atomic E-state index is 0.211. The molecule has 0 aliphatic heterocycles. The third kappa shape index (κ3) is 7.55. The lowest BCUT2D eigenvalue weighted by molar-refractivity contribution is 0.0954. The van der Waals surface area contributed by atoms with Crippen LogP contribution in [0.15, 0.2) is 59.7 Å². The second-order valence-electron chi connectivity index (χ2n) is 7.38. The summed E-state index contributed by atoms with van der Waals surface area (Å²) in [6, 6.07) is 17.2. The Kier molecular flexibility index (Phi) is 9.26. The van der Waals surface area contributed by atoms with E-state index in [0.717, 1.165) is 49.1 Å². The van der Waals surface area contributed by atoms with Crippen LogP contribution in [-0.2, 0) is 0 Å². The third-order valence-corrected chi connectivity index (χ3v) is 4.50. The smallest absolute Gasteiger partial charge is 0.271 e. The largest absolute Gasteiger partial charge is 0.494 e. The van der Waals surface area contributed by atoms with Crippen LogP contribution in [0, 0.1) is 5.92 Å². The maximum atomic E-state index is 12.5. The number of rotatable bonds is 11. The first kappa shape index (κ1) is 21.7. The van der Waals surface area contributed by atoms with Crippen LogP contribution in [0.25, 0.3) is 0 Å². The van der Waals surface area contributed by atoms with Crippen LogP contribution in [0.2, 0.25) is 0 Å². The van der Waals surface area contributed by atoms with E-state index in [4.69, 9.17) is 4.74 Å². The summed E-state index contributed by atoms with van der Waals surface area (Å²) >= 11 is 0. The predicted octanol–water partition coefficient (Wildman–Crippen LogP) is 5.83. The summed E-state index contributed by atoms with van der Waals surface area (Å²) in [6.07, 6.45) is 5.22. The van der Waals surface area contributed by atoms with Gasteiger partial charge in [0.2, 0.25) is 0 Å². The van der Waals surface area contributed by atoms with Gasteiger partial charge >= 0.3 is 0 Å². The molecule has 0 aromatic heterocycles. The quantitative estimate of drug-likeness (QED) is 0.303. The highest BCUT2D eigenvalue weighted by Crippen LogP contribution is 2.14. The predicted molar refractivity (Wildman–Crippen MR) is 116 cm³/mol. The van der Waals surface area contributed by atoms with E-state index < -0.39 is 0 Å². The number of carbonyl (C=O) groups is 1. The molecule has 0 atom stereocenters. The zero-order chi connectivity index (χ0) is 20.2. The average molecular weight is 381 g/mol. The van der Waals surface area contributed by atoms with Gasteiger partial charge in [-0.1, -0.05) is 63.9 Å². The Labute approximate surface area is 169 Å². The lowest BCUT2D eigenvalue weighted by atomic mass is 10.0. The van der Waals surface area contributed by atoms with Gasteiger partial charge in [-0.25, -0.2) is 5.43 Å². The monoisotopic (exact) mass is 380 g/mol.